The average Bonchev–Trinajstić information content (AvgIpc) is 2.37. The summed E-state index contributed by atoms with van der Waals surface area (Å²) in [5, 5.41) is 2.18. The van der Waals surface area contributed by atoms with Crippen LogP contribution in [-0.2, 0) is 0 Å². The second-order valence-corrected chi connectivity index (χ2v) is 3.95. The van der Waals surface area contributed by atoms with Crippen LogP contribution in [0.2, 0.25) is 0 Å². The fourth-order valence-corrected chi connectivity index (χ4v) is 1.58. The molecule has 0 aliphatic carbocycles. The van der Waals surface area contributed by atoms with Gasteiger partial charge in [-0.3, -0.25) is 9.78 Å². The van der Waals surface area contributed by atoms with E-state index in [0.717, 1.165) is 12.1 Å². The highest BCUT2D eigenvalue weighted by Gasteiger charge is 2.15. The molecule has 0 bridgehead atoms. The number of rotatable bonds is 2. The lowest BCUT2D eigenvalue weighted by molar-refractivity contribution is 0.102. The molecule has 0 fully saturated rings. The predicted molar refractivity (Wildman–Crippen MR) is 67.7 cm³/mol. The summed E-state index contributed by atoms with van der Waals surface area (Å²) in [5.74, 6) is -2.35. The molecule has 6 heteroatoms. The molecule has 1 heterocycles. The van der Waals surface area contributed by atoms with Crippen molar-refractivity contribution in [3.63, 3.8) is 0 Å². The number of aromatic nitrogens is 1. The second kappa shape index (κ2) is 5.01. The van der Waals surface area contributed by atoms with Gasteiger partial charge in [-0.1, -0.05) is 6.07 Å². The van der Waals surface area contributed by atoms with Crippen LogP contribution in [-0.4, -0.2) is 10.9 Å². The Balaban J connectivity index is 2.34. The minimum atomic E-state index is -0.845. The third-order valence-electron chi connectivity index (χ3n) is 2.55. The number of nitrogens with one attached hydrogen (secondary N) is 1. The Kier molecular flexibility index (Phi) is 3.41. The summed E-state index contributed by atoms with van der Waals surface area (Å²) < 4.78 is 26.8. The van der Waals surface area contributed by atoms with Gasteiger partial charge >= 0.3 is 0 Å². The van der Waals surface area contributed by atoms with Crippen LogP contribution in [0.15, 0.2) is 30.5 Å². The van der Waals surface area contributed by atoms with Crippen molar-refractivity contribution in [2.45, 2.75) is 6.92 Å². The van der Waals surface area contributed by atoms with Gasteiger partial charge in [0.25, 0.3) is 5.91 Å². The van der Waals surface area contributed by atoms with Crippen molar-refractivity contribution in [1.29, 1.82) is 0 Å². The number of hydrogen-bond acceptors (Lipinski definition) is 3. The molecule has 2 aromatic rings. The van der Waals surface area contributed by atoms with Gasteiger partial charge in [-0.15, -0.1) is 0 Å². The fourth-order valence-electron chi connectivity index (χ4n) is 1.58. The minimum absolute atomic E-state index is 0.169. The third-order valence-corrected chi connectivity index (χ3v) is 2.55. The highest BCUT2D eigenvalue weighted by atomic mass is 19.1. The summed E-state index contributed by atoms with van der Waals surface area (Å²) in [6.45, 7) is 1.60. The number of pyridine rings is 1. The molecule has 1 amide bonds. The van der Waals surface area contributed by atoms with Crippen LogP contribution in [0.4, 0.5) is 20.2 Å². The molecule has 0 aliphatic heterocycles. The van der Waals surface area contributed by atoms with Gasteiger partial charge in [-0.2, -0.15) is 0 Å². The number of hydrogen-bond donors (Lipinski definition) is 2. The standard InChI is InChI=1S/C13H11F2N3O/c1-7-9(5-8(16)6-17-7)13(19)18-12-10(14)3-2-4-11(12)15/h2-6H,16H2,1H3,(H,18,19). The Morgan fingerprint density at radius 2 is 1.95 bits per heavy atom. The van der Waals surface area contributed by atoms with Gasteiger partial charge in [0.15, 0.2) is 0 Å². The number of para-hydroxylation sites is 1. The first-order valence-electron chi connectivity index (χ1n) is 5.46. The summed E-state index contributed by atoms with van der Waals surface area (Å²) in [5.41, 5.74) is 5.92. The Bertz CT molecular complexity index is 624. The molecule has 1 aromatic heterocycles. The lowest BCUT2D eigenvalue weighted by atomic mass is 10.1. The number of aryl methyl sites for hydroxylation is 1. The zero-order valence-corrected chi connectivity index (χ0v) is 10.1. The smallest absolute Gasteiger partial charge is 0.257 e. The summed E-state index contributed by atoms with van der Waals surface area (Å²) >= 11 is 0. The number of nitrogen functional groups attached to an aromatic ring is 1. The van der Waals surface area contributed by atoms with E-state index in [1.807, 2.05) is 0 Å². The van der Waals surface area contributed by atoms with Crippen molar-refractivity contribution in [2.75, 3.05) is 11.1 Å². The molecular weight excluding hydrogens is 252 g/mol. The van der Waals surface area contributed by atoms with Gasteiger partial charge in [0.05, 0.1) is 23.1 Å². The number of nitrogens with two attached hydrogens (primary N) is 1. The first-order chi connectivity index (χ1) is 8.99. The summed E-state index contributed by atoms with van der Waals surface area (Å²) in [6.07, 6.45) is 1.40. The lowest BCUT2D eigenvalue weighted by Crippen LogP contribution is -2.16. The first-order valence-corrected chi connectivity index (χ1v) is 5.46. The molecule has 3 N–H and O–H groups in total. The van der Waals surface area contributed by atoms with Gasteiger partial charge in [-0.25, -0.2) is 8.78 Å². The molecule has 0 spiro atoms. The number of halogens is 2. The van der Waals surface area contributed by atoms with Crippen molar-refractivity contribution in [3.05, 3.63) is 53.4 Å². The van der Waals surface area contributed by atoms with E-state index in [9.17, 15) is 13.6 Å². The molecule has 0 saturated heterocycles. The number of amides is 1. The molecule has 19 heavy (non-hydrogen) atoms. The minimum Gasteiger partial charge on any atom is -0.397 e. The predicted octanol–water partition coefficient (Wildman–Crippen LogP) is 2.50. The van der Waals surface area contributed by atoms with E-state index in [4.69, 9.17) is 5.73 Å². The van der Waals surface area contributed by atoms with Crippen LogP contribution >= 0.6 is 0 Å². The van der Waals surface area contributed by atoms with Crippen LogP contribution in [0.3, 0.4) is 0 Å². The zero-order chi connectivity index (χ0) is 14.0. The van der Waals surface area contributed by atoms with E-state index in [0.29, 0.717) is 11.4 Å². The molecule has 2 rings (SSSR count). The Morgan fingerprint density at radius 3 is 2.58 bits per heavy atom. The zero-order valence-electron chi connectivity index (χ0n) is 10.1. The van der Waals surface area contributed by atoms with Crippen molar-refractivity contribution in [3.8, 4) is 0 Å². The maximum atomic E-state index is 13.4. The number of carbonyl (C=O) groups excluding carboxylic acids is 1. The molecule has 98 valence electrons. The van der Waals surface area contributed by atoms with E-state index in [1.165, 1.54) is 18.3 Å². The molecule has 0 saturated carbocycles. The topological polar surface area (TPSA) is 68.0 Å². The van der Waals surface area contributed by atoms with E-state index < -0.39 is 23.2 Å². The second-order valence-electron chi connectivity index (χ2n) is 3.95. The van der Waals surface area contributed by atoms with E-state index >= 15 is 0 Å². The van der Waals surface area contributed by atoms with E-state index in [1.54, 1.807) is 6.92 Å². The van der Waals surface area contributed by atoms with E-state index in [-0.39, 0.29) is 5.56 Å². The highest BCUT2D eigenvalue weighted by Crippen LogP contribution is 2.20. The van der Waals surface area contributed by atoms with Crippen molar-refractivity contribution < 1.29 is 13.6 Å². The molecule has 0 atom stereocenters. The quantitative estimate of drug-likeness (QED) is 0.874. The molecule has 0 radical (unpaired) electrons. The third kappa shape index (κ3) is 2.67. The first kappa shape index (κ1) is 12.9. The molecular formula is C13H11F2N3O. The van der Waals surface area contributed by atoms with Crippen molar-refractivity contribution in [1.82, 2.24) is 4.98 Å². The number of benzene rings is 1. The average molecular weight is 263 g/mol. The van der Waals surface area contributed by atoms with Crippen LogP contribution in [0, 0.1) is 18.6 Å². The molecule has 1 aromatic carbocycles. The Morgan fingerprint density at radius 1 is 1.32 bits per heavy atom. The SMILES string of the molecule is Cc1ncc(N)cc1C(=O)Nc1c(F)cccc1F. The largest absolute Gasteiger partial charge is 0.397 e. The highest BCUT2D eigenvalue weighted by molar-refractivity contribution is 6.05. The molecule has 0 unspecified atom stereocenters. The van der Waals surface area contributed by atoms with Crippen LogP contribution in [0.1, 0.15) is 16.1 Å². The van der Waals surface area contributed by atoms with Gasteiger partial charge in [0, 0.05) is 0 Å². The number of carbonyl (C=O) groups is 1. The van der Waals surface area contributed by atoms with Crippen LogP contribution in [0.5, 0.6) is 0 Å². The number of anilines is 2. The summed E-state index contributed by atoms with van der Waals surface area (Å²) in [6, 6.07) is 4.73. The summed E-state index contributed by atoms with van der Waals surface area (Å²) in [7, 11) is 0. The Hall–Kier alpha value is -2.50. The van der Waals surface area contributed by atoms with Gasteiger partial charge < -0.3 is 11.1 Å². The fraction of sp³-hybridized carbons (Fsp3) is 0.0769. The van der Waals surface area contributed by atoms with Gasteiger partial charge in [-0.05, 0) is 25.1 Å². The van der Waals surface area contributed by atoms with Gasteiger partial charge in [0.2, 0.25) is 0 Å². The normalized spacial score (nSPS) is 10.3. The molecule has 0 aliphatic rings. The summed E-state index contributed by atoms with van der Waals surface area (Å²) in [4.78, 5) is 15.9. The van der Waals surface area contributed by atoms with Crippen molar-refractivity contribution >= 4 is 17.3 Å². The van der Waals surface area contributed by atoms with E-state index in [2.05, 4.69) is 10.3 Å². The van der Waals surface area contributed by atoms with Crippen LogP contribution < -0.4 is 11.1 Å². The number of nitrogens with zero attached hydrogens (tertiary/aromatic N) is 1. The van der Waals surface area contributed by atoms with Crippen molar-refractivity contribution in [2.24, 2.45) is 0 Å². The lowest BCUT2D eigenvalue weighted by Gasteiger charge is -2.09. The maximum Gasteiger partial charge on any atom is 0.257 e. The molecule has 4 nitrogen and oxygen atoms in total. The van der Waals surface area contributed by atoms with Crippen LogP contribution in [0.25, 0.3) is 0 Å². The monoisotopic (exact) mass is 263 g/mol. The Labute approximate surface area is 108 Å². The van der Waals surface area contributed by atoms with Gasteiger partial charge in [0.1, 0.15) is 17.3 Å². The maximum absolute atomic E-state index is 13.4.